The van der Waals surface area contributed by atoms with Crippen LogP contribution in [0, 0.1) is 0 Å². The van der Waals surface area contributed by atoms with Crippen LogP contribution in [0.15, 0.2) is 22.7 Å². The SMILES string of the molecule is CN1CCc2nc3c(Br)cccc3c(C(=O)O)c2C1. The van der Waals surface area contributed by atoms with Crippen molar-refractivity contribution in [1.29, 1.82) is 0 Å². The van der Waals surface area contributed by atoms with Crippen LogP contribution in [0.5, 0.6) is 0 Å². The lowest BCUT2D eigenvalue weighted by molar-refractivity contribution is 0.0696. The maximum atomic E-state index is 11.6. The monoisotopic (exact) mass is 320 g/mol. The number of halogens is 1. The molecule has 0 amide bonds. The van der Waals surface area contributed by atoms with Crippen LogP contribution in [0.4, 0.5) is 0 Å². The summed E-state index contributed by atoms with van der Waals surface area (Å²) in [6, 6.07) is 5.56. The number of carbonyl (C=O) groups is 1. The number of pyridine rings is 1. The molecule has 1 aromatic heterocycles. The van der Waals surface area contributed by atoms with E-state index in [1.807, 2.05) is 25.2 Å². The Kier molecular flexibility index (Phi) is 3.03. The number of aromatic nitrogens is 1. The van der Waals surface area contributed by atoms with E-state index in [-0.39, 0.29) is 0 Å². The van der Waals surface area contributed by atoms with Gasteiger partial charge < -0.3 is 10.0 Å². The van der Waals surface area contributed by atoms with E-state index in [1.54, 1.807) is 0 Å². The topological polar surface area (TPSA) is 53.4 Å². The van der Waals surface area contributed by atoms with E-state index in [0.29, 0.717) is 17.5 Å². The molecule has 1 N–H and O–H groups in total. The maximum Gasteiger partial charge on any atom is 0.336 e. The molecule has 19 heavy (non-hydrogen) atoms. The van der Waals surface area contributed by atoms with Crippen molar-refractivity contribution in [1.82, 2.24) is 9.88 Å². The number of para-hydroxylation sites is 1. The second kappa shape index (κ2) is 4.58. The minimum absolute atomic E-state index is 0.396. The van der Waals surface area contributed by atoms with Crippen LogP contribution >= 0.6 is 15.9 Å². The van der Waals surface area contributed by atoms with Crippen LogP contribution in [-0.2, 0) is 13.0 Å². The van der Waals surface area contributed by atoms with Crippen LogP contribution in [0.2, 0.25) is 0 Å². The standard InChI is InChI=1S/C14H13BrN2O2/c1-17-6-5-11-9(7-17)12(14(18)19)8-3-2-4-10(15)13(8)16-11/h2-4H,5-7H2,1H3,(H,18,19). The van der Waals surface area contributed by atoms with Crippen LogP contribution < -0.4 is 0 Å². The van der Waals surface area contributed by atoms with Crippen LogP contribution in [0.3, 0.4) is 0 Å². The van der Waals surface area contributed by atoms with Crippen LogP contribution in [-0.4, -0.2) is 34.6 Å². The number of carboxylic acid groups (broad SMARTS) is 1. The third-order valence-electron chi connectivity index (χ3n) is 3.53. The Bertz CT molecular complexity index is 685. The predicted octanol–water partition coefficient (Wildman–Crippen LogP) is 2.68. The van der Waals surface area contributed by atoms with Gasteiger partial charge >= 0.3 is 5.97 Å². The predicted molar refractivity (Wildman–Crippen MR) is 76.4 cm³/mol. The molecule has 1 aliphatic heterocycles. The van der Waals surface area contributed by atoms with Gasteiger partial charge in [-0.25, -0.2) is 4.79 Å². The van der Waals surface area contributed by atoms with Crippen molar-refractivity contribution in [2.24, 2.45) is 0 Å². The molecule has 2 heterocycles. The van der Waals surface area contributed by atoms with E-state index in [0.717, 1.165) is 34.2 Å². The van der Waals surface area contributed by atoms with Gasteiger partial charge in [0.25, 0.3) is 0 Å². The van der Waals surface area contributed by atoms with Crippen LogP contribution in [0.25, 0.3) is 10.9 Å². The fraction of sp³-hybridized carbons (Fsp3) is 0.286. The van der Waals surface area contributed by atoms with Gasteiger partial charge in [0, 0.05) is 40.6 Å². The molecule has 0 fully saturated rings. The zero-order valence-corrected chi connectivity index (χ0v) is 12.1. The first-order valence-corrected chi connectivity index (χ1v) is 6.89. The smallest absolute Gasteiger partial charge is 0.336 e. The zero-order chi connectivity index (χ0) is 13.6. The number of rotatable bonds is 1. The van der Waals surface area contributed by atoms with Crippen molar-refractivity contribution in [3.05, 3.63) is 39.5 Å². The number of likely N-dealkylation sites (N-methyl/N-ethyl adjacent to an activating group) is 1. The average Bonchev–Trinajstić information content (AvgIpc) is 2.36. The van der Waals surface area contributed by atoms with E-state index in [9.17, 15) is 9.90 Å². The van der Waals surface area contributed by atoms with E-state index < -0.39 is 5.97 Å². The molecule has 0 atom stereocenters. The number of benzene rings is 1. The lowest BCUT2D eigenvalue weighted by atomic mass is 9.96. The van der Waals surface area contributed by atoms with E-state index in [4.69, 9.17) is 0 Å². The Morgan fingerprint density at radius 2 is 2.26 bits per heavy atom. The molecule has 0 radical (unpaired) electrons. The molecule has 0 unspecified atom stereocenters. The second-order valence-corrected chi connectivity index (χ2v) is 5.70. The molecule has 5 heteroatoms. The van der Waals surface area contributed by atoms with Crippen molar-refractivity contribution < 1.29 is 9.90 Å². The van der Waals surface area contributed by atoms with Crippen molar-refractivity contribution in [2.45, 2.75) is 13.0 Å². The number of aromatic carboxylic acids is 1. The molecule has 0 aliphatic carbocycles. The van der Waals surface area contributed by atoms with E-state index >= 15 is 0 Å². The summed E-state index contributed by atoms with van der Waals surface area (Å²) in [5.74, 6) is -0.878. The molecule has 2 aromatic rings. The molecule has 0 spiro atoms. The van der Waals surface area contributed by atoms with Gasteiger partial charge in [0.1, 0.15) is 0 Å². The number of hydrogen-bond donors (Lipinski definition) is 1. The Balaban J connectivity index is 2.40. The summed E-state index contributed by atoms with van der Waals surface area (Å²) in [5.41, 5.74) is 2.90. The summed E-state index contributed by atoms with van der Waals surface area (Å²) in [6.45, 7) is 1.56. The summed E-state index contributed by atoms with van der Waals surface area (Å²) >= 11 is 3.45. The highest BCUT2D eigenvalue weighted by molar-refractivity contribution is 9.10. The molecule has 1 aliphatic rings. The Morgan fingerprint density at radius 1 is 1.47 bits per heavy atom. The Morgan fingerprint density at radius 3 is 3.00 bits per heavy atom. The van der Waals surface area contributed by atoms with Gasteiger partial charge in [-0.05, 0) is 29.0 Å². The maximum absolute atomic E-state index is 11.6. The number of fused-ring (bicyclic) bond motifs is 2. The highest BCUT2D eigenvalue weighted by Crippen LogP contribution is 2.31. The van der Waals surface area contributed by atoms with Gasteiger partial charge in [-0.15, -0.1) is 0 Å². The number of nitrogens with zero attached hydrogens (tertiary/aromatic N) is 2. The first-order valence-electron chi connectivity index (χ1n) is 6.09. The zero-order valence-electron chi connectivity index (χ0n) is 10.5. The molecular weight excluding hydrogens is 308 g/mol. The van der Waals surface area contributed by atoms with Gasteiger partial charge in [0.15, 0.2) is 0 Å². The fourth-order valence-electron chi connectivity index (χ4n) is 2.61. The fourth-order valence-corrected chi connectivity index (χ4v) is 3.06. The van der Waals surface area contributed by atoms with Crippen molar-refractivity contribution in [3.63, 3.8) is 0 Å². The second-order valence-electron chi connectivity index (χ2n) is 4.84. The Labute approximate surface area is 119 Å². The minimum atomic E-state index is -0.878. The Hall–Kier alpha value is -1.46. The van der Waals surface area contributed by atoms with Gasteiger partial charge in [0.05, 0.1) is 11.1 Å². The molecule has 98 valence electrons. The van der Waals surface area contributed by atoms with E-state index in [1.165, 1.54) is 0 Å². The molecule has 0 bridgehead atoms. The molecule has 0 saturated heterocycles. The summed E-state index contributed by atoms with van der Waals surface area (Å²) in [6.07, 6.45) is 0.795. The quantitative estimate of drug-likeness (QED) is 0.877. The summed E-state index contributed by atoms with van der Waals surface area (Å²) < 4.78 is 0.842. The molecule has 1 aromatic carbocycles. The van der Waals surface area contributed by atoms with Crippen molar-refractivity contribution >= 4 is 32.8 Å². The average molecular weight is 321 g/mol. The lowest BCUT2D eigenvalue weighted by Gasteiger charge is -2.26. The molecule has 0 saturated carbocycles. The third kappa shape index (κ3) is 2.03. The van der Waals surface area contributed by atoms with Gasteiger partial charge in [0.2, 0.25) is 0 Å². The van der Waals surface area contributed by atoms with E-state index in [2.05, 4.69) is 25.8 Å². The normalized spacial score (nSPS) is 15.5. The lowest BCUT2D eigenvalue weighted by Crippen LogP contribution is -2.29. The first-order chi connectivity index (χ1) is 9.08. The third-order valence-corrected chi connectivity index (χ3v) is 4.17. The van der Waals surface area contributed by atoms with Crippen molar-refractivity contribution in [2.75, 3.05) is 13.6 Å². The van der Waals surface area contributed by atoms with Gasteiger partial charge in [-0.1, -0.05) is 12.1 Å². The van der Waals surface area contributed by atoms with Crippen LogP contribution in [0.1, 0.15) is 21.6 Å². The van der Waals surface area contributed by atoms with Gasteiger partial charge in [-0.3, -0.25) is 4.98 Å². The molecular formula is C14H13BrN2O2. The molecule has 4 nitrogen and oxygen atoms in total. The summed E-state index contributed by atoms with van der Waals surface area (Å²) in [5, 5.41) is 10.3. The number of hydrogen-bond acceptors (Lipinski definition) is 3. The highest BCUT2D eigenvalue weighted by Gasteiger charge is 2.24. The number of carboxylic acids is 1. The van der Waals surface area contributed by atoms with Gasteiger partial charge in [-0.2, -0.15) is 0 Å². The first kappa shape index (κ1) is 12.6. The highest BCUT2D eigenvalue weighted by atomic mass is 79.9. The largest absolute Gasteiger partial charge is 0.478 e. The van der Waals surface area contributed by atoms with Crippen molar-refractivity contribution in [3.8, 4) is 0 Å². The summed E-state index contributed by atoms with van der Waals surface area (Å²) in [4.78, 5) is 18.4. The minimum Gasteiger partial charge on any atom is -0.478 e. The molecule has 3 rings (SSSR count). The summed E-state index contributed by atoms with van der Waals surface area (Å²) in [7, 11) is 2.00.